The highest BCUT2D eigenvalue weighted by molar-refractivity contribution is 9.10. The van der Waals surface area contributed by atoms with E-state index in [0.29, 0.717) is 15.7 Å². The number of nitro groups is 1. The van der Waals surface area contributed by atoms with Gasteiger partial charge in [0.15, 0.2) is 0 Å². The fourth-order valence-corrected chi connectivity index (χ4v) is 2.03. The van der Waals surface area contributed by atoms with Crippen molar-refractivity contribution >= 4 is 33.0 Å². The van der Waals surface area contributed by atoms with E-state index in [1.54, 1.807) is 18.2 Å². The third-order valence-corrected chi connectivity index (χ3v) is 3.03. The van der Waals surface area contributed by atoms with Gasteiger partial charge in [0.1, 0.15) is 11.8 Å². The SMILES string of the molecule is N#Cc1ccc(Br)cc1Nc1cccc(F)c1[N+](=O)[O-]. The highest BCUT2D eigenvalue weighted by Gasteiger charge is 2.20. The topological polar surface area (TPSA) is 79.0 Å². The Morgan fingerprint density at radius 3 is 2.70 bits per heavy atom. The van der Waals surface area contributed by atoms with Crippen molar-refractivity contribution < 1.29 is 9.31 Å². The summed E-state index contributed by atoms with van der Waals surface area (Å²) in [6.07, 6.45) is 0. The first-order chi connectivity index (χ1) is 9.52. The van der Waals surface area contributed by atoms with Crippen LogP contribution in [0.1, 0.15) is 5.56 Å². The maximum Gasteiger partial charge on any atom is 0.327 e. The molecule has 0 radical (unpaired) electrons. The average Bonchev–Trinajstić information content (AvgIpc) is 2.38. The van der Waals surface area contributed by atoms with Crippen LogP contribution in [0.25, 0.3) is 0 Å². The van der Waals surface area contributed by atoms with E-state index in [0.717, 1.165) is 6.07 Å². The summed E-state index contributed by atoms with van der Waals surface area (Å²) in [6, 6.07) is 10.5. The van der Waals surface area contributed by atoms with Crippen LogP contribution in [-0.4, -0.2) is 4.92 Å². The van der Waals surface area contributed by atoms with Crippen LogP contribution < -0.4 is 5.32 Å². The molecule has 0 amide bonds. The summed E-state index contributed by atoms with van der Waals surface area (Å²) >= 11 is 3.24. The zero-order valence-electron chi connectivity index (χ0n) is 9.93. The molecule has 0 aliphatic carbocycles. The highest BCUT2D eigenvalue weighted by Crippen LogP contribution is 2.32. The Hall–Kier alpha value is -2.46. The van der Waals surface area contributed by atoms with E-state index in [-0.39, 0.29) is 5.69 Å². The quantitative estimate of drug-likeness (QED) is 0.676. The average molecular weight is 336 g/mol. The summed E-state index contributed by atoms with van der Waals surface area (Å²) in [4.78, 5) is 10.1. The second kappa shape index (κ2) is 5.67. The maximum absolute atomic E-state index is 13.5. The van der Waals surface area contributed by atoms with Gasteiger partial charge in [-0.05, 0) is 30.3 Å². The molecular formula is C13H7BrFN3O2. The van der Waals surface area contributed by atoms with Gasteiger partial charge in [-0.25, -0.2) is 0 Å². The van der Waals surface area contributed by atoms with Crippen molar-refractivity contribution in [2.45, 2.75) is 0 Å². The van der Waals surface area contributed by atoms with Crippen molar-refractivity contribution in [2.75, 3.05) is 5.32 Å². The Balaban J connectivity index is 2.51. The van der Waals surface area contributed by atoms with Crippen LogP contribution in [0.4, 0.5) is 21.5 Å². The maximum atomic E-state index is 13.5. The Morgan fingerprint density at radius 2 is 2.05 bits per heavy atom. The first-order valence-corrected chi connectivity index (χ1v) is 6.22. The molecule has 100 valence electrons. The van der Waals surface area contributed by atoms with Gasteiger partial charge in [-0.2, -0.15) is 9.65 Å². The summed E-state index contributed by atoms with van der Waals surface area (Å²) in [5.74, 6) is -0.937. The summed E-state index contributed by atoms with van der Waals surface area (Å²) in [5, 5.41) is 22.6. The van der Waals surface area contributed by atoms with E-state index < -0.39 is 16.4 Å². The summed E-state index contributed by atoms with van der Waals surface area (Å²) in [6.45, 7) is 0. The van der Waals surface area contributed by atoms with Crippen LogP contribution in [0.3, 0.4) is 0 Å². The van der Waals surface area contributed by atoms with Crippen molar-refractivity contribution in [2.24, 2.45) is 0 Å². The predicted octanol–water partition coefficient (Wildman–Crippen LogP) is 4.11. The molecule has 2 rings (SSSR count). The van der Waals surface area contributed by atoms with Crippen molar-refractivity contribution in [3.8, 4) is 6.07 Å². The number of nitro benzene ring substituents is 1. The minimum absolute atomic E-state index is 0.00963. The molecule has 7 heteroatoms. The lowest BCUT2D eigenvalue weighted by molar-refractivity contribution is -0.386. The number of benzene rings is 2. The molecule has 0 fully saturated rings. The molecule has 2 aromatic rings. The lowest BCUT2D eigenvalue weighted by atomic mass is 10.1. The van der Waals surface area contributed by atoms with E-state index in [1.165, 1.54) is 12.1 Å². The molecule has 2 aromatic carbocycles. The Morgan fingerprint density at radius 1 is 1.30 bits per heavy atom. The molecular weight excluding hydrogens is 329 g/mol. The van der Waals surface area contributed by atoms with Gasteiger partial charge in [-0.15, -0.1) is 0 Å². The molecule has 0 aromatic heterocycles. The molecule has 1 N–H and O–H groups in total. The van der Waals surface area contributed by atoms with Gasteiger partial charge in [0.25, 0.3) is 0 Å². The van der Waals surface area contributed by atoms with Crippen molar-refractivity contribution in [3.05, 3.63) is 62.4 Å². The molecule has 0 saturated heterocycles. The number of hydrogen-bond acceptors (Lipinski definition) is 4. The molecule has 20 heavy (non-hydrogen) atoms. The van der Waals surface area contributed by atoms with Crippen LogP contribution in [0.5, 0.6) is 0 Å². The van der Waals surface area contributed by atoms with Crippen LogP contribution in [-0.2, 0) is 0 Å². The monoisotopic (exact) mass is 335 g/mol. The Kier molecular flexibility index (Phi) is 3.96. The lowest BCUT2D eigenvalue weighted by Gasteiger charge is -2.09. The van der Waals surface area contributed by atoms with Gasteiger partial charge in [0.2, 0.25) is 5.82 Å². The van der Waals surface area contributed by atoms with E-state index in [1.807, 2.05) is 6.07 Å². The summed E-state index contributed by atoms with van der Waals surface area (Å²) < 4.78 is 14.2. The number of hydrogen-bond donors (Lipinski definition) is 1. The molecule has 0 aliphatic rings. The van der Waals surface area contributed by atoms with E-state index in [2.05, 4.69) is 21.2 Å². The standard InChI is InChI=1S/C13H7BrFN3O2/c14-9-5-4-8(7-16)12(6-9)17-11-3-1-2-10(15)13(11)18(19)20/h1-6,17H. The number of nitrogens with zero attached hydrogens (tertiary/aromatic N) is 2. The Bertz CT molecular complexity index is 728. The van der Waals surface area contributed by atoms with Crippen LogP contribution in [0, 0.1) is 27.3 Å². The Labute approximate surface area is 121 Å². The van der Waals surface area contributed by atoms with E-state index in [9.17, 15) is 14.5 Å². The van der Waals surface area contributed by atoms with Crippen LogP contribution in [0.2, 0.25) is 0 Å². The minimum Gasteiger partial charge on any atom is -0.349 e. The largest absolute Gasteiger partial charge is 0.349 e. The first-order valence-electron chi connectivity index (χ1n) is 5.42. The minimum atomic E-state index is -0.937. The van der Waals surface area contributed by atoms with E-state index in [4.69, 9.17) is 5.26 Å². The van der Waals surface area contributed by atoms with Gasteiger partial charge in [0, 0.05) is 4.47 Å². The second-order valence-corrected chi connectivity index (χ2v) is 4.74. The van der Waals surface area contributed by atoms with E-state index >= 15 is 0 Å². The zero-order chi connectivity index (χ0) is 14.7. The van der Waals surface area contributed by atoms with Gasteiger partial charge >= 0.3 is 5.69 Å². The first kappa shape index (κ1) is 14.0. The molecule has 0 unspecified atom stereocenters. The van der Waals surface area contributed by atoms with Crippen LogP contribution in [0.15, 0.2) is 40.9 Å². The highest BCUT2D eigenvalue weighted by atomic mass is 79.9. The van der Waals surface area contributed by atoms with Crippen molar-refractivity contribution in [3.63, 3.8) is 0 Å². The normalized spacial score (nSPS) is 9.85. The molecule has 0 heterocycles. The predicted molar refractivity (Wildman–Crippen MR) is 75.2 cm³/mol. The molecule has 0 bridgehead atoms. The zero-order valence-corrected chi connectivity index (χ0v) is 11.5. The number of nitrogens with one attached hydrogen (secondary N) is 1. The smallest absolute Gasteiger partial charge is 0.327 e. The number of nitriles is 1. The molecule has 0 aliphatic heterocycles. The molecule has 0 saturated carbocycles. The lowest BCUT2D eigenvalue weighted by Crippen LogP contribution is -2.00. The van der Waals surface area contributed by atoms with Gasteiger partial charge in [-0.3, -0.25) is 10.1 Å². The van der Waals surface area contributed by atoms with Gasteiger partial charge < -0.3 is 5.32 Å². The number of halogens is 2. The molecule has 5 nitrogen and oxygen atoms in total. The fourth-order valence-electron chi connectivity index (χ4n) is 1.66. The number of anilines is 2. The fraction of sp³-hybridized carbons (Fsp3) is 0. The van der Waals surface area contributed by atoms with Crippen LogP contribution >= 0.6 is 15.9 Å². The van der Waals surface area contributed by atoms with Gasteiger partial charge in [0.05, 0.1) is 16.2 Å². The second-order valence-electron chi connectivity index (χ2n) is 3.82. The third kappa shape index (κ3) is 2.75. The summed E-state index contributed by atoms with van der Waals surface area (Å²) in [7, 11) is 0. The van der Waals surface area contributed by atoms with Gasteiger partial charge in [-0.1, -0.05) is 22.0 Å². The third-order valence-electron chi connectivity index (χ3n) is 2.54. The molecule has 0 atom stereocenters. The molecule has 0 spiro atoms. The van der Waals surface area contributed by atoms with Crippen molar-refractivity contribution in [1.82, 2.24) is 0 Å². The number of rotatable bonds is 3. The summed E-state index contributed by atoms with van der Waals surface area (Å²) in [5.41, 5.74) is -0.0108. The number of para-hydroxylation sites is 1. The van der Waals surface area contributed by atoms with Crippen molar-refractivity contribution in [1.29, 1.82) is 5.26 Å².